The molecule has 0 radical (unpaired) electrons. The molecule has 1 aromatic heterocycles. The van der Waals surface area contributed by atoms with Gasteiger partial charge in [0.15, 0.2) is 5.76 Å². The van der Waals surface area contributed by atoms with Gasteiger partial charge in [-0.05, 0) is 75.2 Å². The monoisotopic (exact) mass is 340 g/mol. The van der Waals surface area contributed by atoms with E-state index < -0.39 is 0 Å². The summed E-state index contributed by atoms with van der Waals surface area (Å²) < 4.78 is 11.0. The van der Waals surface area contributed by atoms with Gasteiger partial charge in [-0.15, -0.1) is 0 Å². The number of fused-ring (bicyclic) bond motifs is 3. The highest BCUT2D eigenvalue weighted by Crippen LogP contribution is 2.32. The van der Waals surface area contributed by atoms with Crippen LogP contribution in [0.3, 0.4) is 0 Å². The number of hydrogen-bond acceptors (Lipinski definition) is 4. The lowest BCUT2D eigenvalue weighted by atomic mass is 9.79. The van der Waals surface area contributed by atoms with Crippen LogP contribution in [0.2, 0.25) is 0 Å². The standard InChI is InChI=1S/C20H24N2O3/c1-13-19(15-9-11-22(13)12-10-15)21-20(23)18-8-7-17(25-18)14-3-5-16(24-2)6-4-14/h3-8,13,15,19H,9-12H2,1-2H3,(H,21,23). The van der Waals surface area contributed by atoms with E-state index in [2.05, 4.69) is 17.1 Å². The lowest BCUT2D eigenvalue weighted by Gasteiger charge is -2.49. The Morgan fingerprint density at radius 2 is 1.88 bits per heavy atom. The summed E-state index contributed by atoms with van der Waals surface area (Å²) in [5, 5.41) is 3.21. The minimum Gasteiger partial charge on any atom is -0.497 e. The van der Waals surface area contributed by atoms with Gasteiger partial charge in [-0.1, -0.05) is 0 Å². The number of nitrogens with zero attached hydrogens (tertiary/aromatic N) is 1. The normalized spacial score (nSPS) is 27.9. The van der Waals surface area contributed by atoms with Crippen LogP contribution >= 0.6 is 0 Å². The Morgan fingerprint density at radius 3 is 2.52 bits per heavy atom. The van der Waals surface area contributed by atoms with E-state index in [1.54, 1.807) is 13.2 Å². The lowest BCUT2D eigenvalue weighted by molar-refractivity contribution is 0.0211. The summed E-state index contributed by atoms with van der Waals surface area (Å²) in [5.41, 5.74) is 0.927. The van der Waals surface area contributed by atoms with Gasteiger partial charge in [0.1, 0.15) is 11.5 Å². The highest BCUT2D eigenvalue weighted by Gasteiger charge is 2.40. The summed E-state index contributed by atoms with van der Waals surface area (Å²) in [6.45, 7) is 4.52. The van der Waals surface area contributed by atoms with Crippen LogP contribution in [0.1, 0.15) is 30.3 Å². The van der Waals surface area contributed by atoms with Crippen molar-refractivity contribution in [1.82, 2.24) is 10.2 Å². The van der Waals surface area contributed by atoms with Crippen LogP contribution in [0.15, 0.2) is 40.8 Å². The van der Waals surface area contributed by atoms with Crippen LogP contribution in [-0.4, -0.2) is 43.1 Å². The number of methoxy groups -OCH3 is 1. The first kappa shape index (κ1) is 16.2. The molecule has 0 saturated carbocycles. The highest BCUT2D eigenvalue weighted by molar-refractivity contribution is 5.92. The van der Waals surface area contributed by atoms with Crippen LogP contribution in [-0.2, 0) is 0 Å². The largest absolute Gasteiger partial charge is 0.497 e. The van der Waals surface area contributed by atoms with Gasteiger partial charge in [0.25, 0.3) is 5.91 Å². The van der Waals surface area contributed by atoms with Crippen LogP contribution < -0.4 is 10.1 Å². The van der Waals surface area contributed by atoms with Crippen molar-refractivity contribution in [2.75, 3.05) is 20.2 Å². The molecule has 5 rings (SSSR count). The van der Waals surface area contributed by atoms with E-state index in [1.807, 2.05) is 30.3 Å². The van der Waals surface area contributed by atoms with Crippen molar-refractivity contribution >= 4 is 5.91 Å². The average Bonchev–Trinajstić information content (AvgIpc) is 3.15. The van der Waals surface area contributed by atoms with E-state index in [1.165, 1.54) is 12.8 Å². The number of piperidine rings is 3. The summed E-state index contributed by atoms with van der Waals surface area (Å²) in [6.07, 6.45) is 2.34. The van der Waals surface area contributed by atoms with E-state index >= 15 is 0 Å². The zero-order chi connectivity index (χ0) is 17.4. The fourth-order valence-corrected chi connectivity index (χ4v) is 4.14. The van der Waals surface area contributed by atoms with E-state index in [4.69, 9.17) is 9.15 Å². The molecular formula is C20H24N2O3. The third-order valence-electron chi connectivity index (χ3n) is 5.68. The van der Waals surface area contributed by atoms with Gasteiger partial charge in [-0.3, -0.25) is 9.69 Å². The topological polar surface area (TPSA) is 54.7 Å². The van der Waals surface area contributed by atoms with Gasteiger partial charge in [-0.2, -0.15) is 0 Å². The molecule has 1 aromatic carbocycles. The van der Waals surface area contributed by atoms with Gasteiger partial charge in [-0.25, -0.2) is 0 Å². The zero-order valence-corrected chi connectivity index (χ0v) is 14.7. The van der Waals surface area contributed by atoms with E-state index in [0.29, 0.717) is 23.5 Å². The SMILES string of the molecule is COc1ccc(-c2ccc(C(=O)NC3C4CCN(CC4)C3C)o2)cc1. The Balaban J connectivity index is 1.47. The van der Waals surface area contributed by atoms with E-state index in [-0.39, 0.29) is 11.9 Å². The fourth-order valence-electron chi connectivity index (χ4n) is 4.14. The maximum atomic E-state index is 12.6. The Bertz CT molecular complexity index is 743. The van der Waals surface area contributed by atoms with E-state index in [9.17, 15) is 4.79 Å². The third kappa shape index (κ3) is 3.04. The smallest absolute Gasteiger partial charge is 0.287 e. The average molecular weight is 340 g/mol. The molecule has 3 aliphatic heterocycles. The molecular weight excluding hydrogens is 316 g/mol. The van der Waals surface area contributed by atoms with Crippen LogP contribution in [0.4, 0.5) is 0 Å². The molecule has 0 aliphatic carbocycles. The zero-order valence-electron chi connectivity index (χ0n) is 14.7. The van der Waals surface area contributed by atoms with Gasteiger partial charge in [0, 0.05) is 17.6 Å². The van der Waals surface area contributed by atoms with Crippen LogP contribution in [0.5, 0.6) is 5.75 Å². The molecule has 132 valence electrons. The van der Waals surface area contributed by atoms with Crippen molar-refractivity contribution < 1.29 is 13.9 Å². The van der Waals surface area contributed by atoms with Crippen molar-refractivity contribution in [3.8, 4) is 17.1 Å². The lowest BCUT2D eigenvalue weighted by Crippen LogP contribution is -2.62. The number of carbonyl (C=O) groups excluding carboxylic acids is 1. The summed E-state index contributed by atoms with van der Waals surface area (Å²) in [6, 6.07) is 11.8. The minimum atomic E-state index is -0.120. The molecule has 2 unspecified atom stereocenters. The molecule has 4 heterocycles. The molecule has 5 nitrogen and oxygen atoms in total. The first-order chi connectivity index (χ1) is 12.2. The fraction of sp³-hybridized carbons (Fsp3) is 0.450. The van der Waals surface area contributed by atoms with Gasteiger partial charge >= 0.3 is 0 Å². The molecule has 1 amide bonds. The van der Waals surface area contributed by atoms with Gasteiger partial charge in [0.05, 0.1) is 7.11 Å². The molecule has 1 N–H and O–H groups in total. The number of benzene rings is 1. The first-order valence-electron chi connectivity index (χ1n) is 8.95. The molecule has 2 bridgehead atoms. The maximum Gasteiger partial charge on any atom is 0.287 e. The third-order valence-corrected chi connectivity index (χ3v) is 5.68. The van der Waals surface area contributed by atoms with Crippen molar-refractivity contribution in [3.63, 3.8) is 0 Å². The Morgan fingerprint density at radius 1 is 1.16 bits per heavy atom. The number of carbonyl (C=O) groups is 1. The predicted molar refractivity (Wildman–Crippen MR) is 95.7 cm³/mol. The summed E-state index contributed by atoms with van der Waals surface area (Å²) >= 11 is 0. The van der Waals surface area contributed by atoms with Crippen molar-refractivity contribution in [2.24, 2.45) is 5.92 Å². The highest BCUT2D eigenvalue weighted by atomic mass is 16.5. The summed E-state index contributed by atoms with van der Waals surface area (Å²) in [5.74, 6) is 2.32. The quantitative estimate of drug-likeness (QED) is 0.929. The predicted octanol–water partition coefficient (Wildman–Crippen LogP) is 3.17. The summed E-state index contributed by atoms with van der Waals surface area (Å²) in [4.78, 5) is 15.1. The number of furan rings is 1. The van der Waals surface area contributed by atoms with Crippen molar-refractivity contribution in [3.05, 3.63) is 42.2 Å². The second-order valence-electron chi connectivity index (χ2n) is 7.01. The van der Waals surface area contributed by atoms with Gasteiger partial charge < -0.3 is 14.5 Å². The molecule has 0 spiro atoms. The second-order valence-corrected chi connectivity index (χ2v) is 7.01. The van der Waals surface area contributed by atoms with E-state index in [0.717, 1.165) is 24.4 Å². The van der Waals surface area contributed by atoms with Gasteiger partial charge in [0.2, 0.25) is 0 Å². The van der Waals surface area contributed by atoms with Crippen LogP contribution in [0, 0.1) is 5.92 Å². The van der Waals surface area contributed by atoms with Crippen molar-refractivity contribution in [1.29, 1.82) is 0 Å². The number of rotatable bonds is 4. The molecule has 5 heteroatoms. The number of ether oxygens (including phenoxy) is 1. The molecule has 3 aliphatic rings. The molecule has 3 fully saturated rings. The number of nitrogens with one attached hydrogen (secondary N) is 1. The maximum absolute atomic E-state index is 12.6. The second kappa shape index (κ2) is 6.56. The van der Waals surface area contributed by atoms with Crippen LogP contribution in [0.25, 0.3) is 11.3 Å². The van der Waals surface area contributed by atoms with Crippen molar-refractivity contribution in [2.45, 2.75) is 31.8 Å². The first-order valence-corrected chi connectivity index (χ1v) is 8.95. The summed E-state index contributed by atoms with van der Waals surface area (Å²) in [7, 11) is 1.64. The Kier molecular flexibility index (Phi) is 4.25. The number of hydrogen-bond donors (Lipinski definition) is 1. The molecule has 2 atom stereocenters. The minimum absolute atomic E-state index is 0.120. The Labute approximate surface area is 148 Å². The Hall–Kier alpha value is -2.27. The molecule has 2 aromatic rings. The molecule has 25 heavy (non-hydrogen) atoms. The number of amides is 1. The molecule has 3 saturated heterocycles.